The molecule has 3 aromatic rings. The van der Waals surface area contributed by atoms with Gasteiger partial charge in [-0.15, -0.1) is 0 Å². The van der Waals surface area contributed by atoms with Gasteiger partial charge in [0.2, 0.25) is 11.8 Å². The summed E-state index contributed by atoms with van der Waals surface area (Å²) in [7, 11) is 0. The number of benzene rings is 2. The first-order chi connectivity index (χ1) is 11.1. The summed E-state index contributed by atoms with van der Waals surface area (Å²) in [4.78, 5) is 27.5. The van der Waals surface area contributed by atoms with Crippen LogP contribution < -0.4 is 10.6 Å². The molecular formula is C17H15N3O3. The zero-order chi connectivity index (χ0) is 16.2. The van der Waals surface area contributed by atoms with Gasteiger partial charge in [0.25, 0.3) is 5.91 Å². The van der Waals surface area contributed by atoms with E-state index in [0.29, 0.717) is 22.7 Å². The lowest BCUT2D eigenvalue weighted by Gasteiger charge is -2.06. The van der Waals surface area contributed by atoms with Crippen LogP contribution in [0.15, 0.2) is 52.9 Å². The second-order valence-corrected chi connectivity index (χ2v) is 5.02. The number of hydrogen-bond acceptors (Lipinski definition) is 4. The molecule has 0 aliphatic carbocycles. The van der Waals surface area contributed by atoms with E-state index < -0.39 is 0 Å². The molecule has 1 aromatic heterocycles. The van der Waals surface area contributed by atoms with E-state index in [1.54, 1.807) is 24.3 Å². The molecule has 6 nitrogen and oxygen atoms in total. The van der Waals surface area contributed by atoms with Crippen molar-refractivity contribution in [2.24, 2.45) is 0 Å². The number of aromatic nitrogens is 1. The van der Waals surface area contributed by atoms with E-state index in [4.69, 9.17) is 4.42 Å². The van der Waals surface area contributed by atoms with Gasteiger partial charge in [0, 0.05) is 18.2 Å². The third kappa shape index (κ3) is 3.55. The fourth-order valence-corrected chi connectivity index (χ4v) is 2.19. The van der Waals surface area contributed by atoms with Gasteiger partial charge < -0.3 is 15.1 Å². The third-order valence-corrected chi connectivity index (χ3v) is 3.18. The SMILES string of the molecule is CC(=O)Nc1cccc(C(=O)NCc2nc3ccccc3o2)c1. The topological polar surface area (TPSA) is 84.2 Å². The highest BCUT2D eigenvalue weighted by Gasteiger charge is 2.09. The Hall–Kier alpha value is -3.15. The second kappa shape index (κ2) is 6.31. The van der Waals surface area contributed by atoms with Gasteiger partial charge >= 0.3 is 0 Å². The smallest absolute Gasteiger partial charge is 0.251 e. The molecule has 2 N–H and O–H groups in total. The van der Waals surface area contributed by atoms with Crippen LogP contribution in [-0.4, -0.2) is 16.8 Å². The van der Waals surface area contributed by atoms with Crippen LogP contribution in [0.1, 0.15) is 23.2 Å². The quantitative estimate of drug-likeness (QED) is 0.776. The van der Waals surface area contributed by atoms with Crippen molar-refractivity contribution in [1.82, 2.24) is 10.3 Å². The van der Waals surface area contributed by atoms with Gasteiger partial charge in [-0.1, -0.05) is 18.2 Å². The van der Waals surface area contributed by atoms with E-state index in [-0.39, 0.29) is 18.4 Å². The molecule has 0 saturated heterocycles. The molecule has 2 aromatic carbocycles. The van der Waals surface area contributed by atoms with Gasteiger partial charge in [-0.05, 0) is 30.3 Å². The van der Waals surface area contributed by atoms with Gasteiger partial charge in [0.05, 0.1) is 6.54 Å². The summed E-state index contributed by atoms with van der Waals surface area (Å²) < 4.78 is 5.55. The summed E-state index contributed by atoms with van der Waals surface area (Å²) >= 11 is 0. The molecule has 0 aliphatic rings. The van der Waals surface area contributed by atoms with Crippen molar-refractivity contribution in [3.05, 3.63) is 60.0 Å². The fraction of sp³-hybridized carbons (Fsp3) is 0.118. The van der Waals surface area contributed by atoms with Gasteiger partial charge in [0.1, 0.15) is 5.52 Å². The Kier molecular flexibility index (Phi) is 4.05. The van der Waals surface area contributed by atoms with E-state index in [2.05, 4.69) is 15.6 Å². The minimum absolute atomic E-state index is 0.186. The molecule has 0 spiro atoms. The number of carbonyl (C=O) groups is 2. The lowest BCUT2D eigenvalue weighted by atomic mass is 10.2. The van der Waals surface area contributed by atoms with E-state index in [1.807, 2.05) is 24.3 Å². The van der Waals surface area contributed by atoms with Crippen molar-refractivity contribution in [3.8, 4) is 0 Å². The Bertz CT molecular complexity index is 837. The molecule has 1 heterocycles. The Balaban J connectivity index is 1.68. The van der Waals surface area contributed by atoms with Crippen molar-refractivity contribution in [2.75, 3.05) is 5.32 Å². The maximum absolute atomic E-state index is 12.2. The van der Waals surface area contributed by atoms with Gasteiger partial charge in [-0.3, -0.25) is 9.59 Å². The number of oxazole rings is 1. The van der Waals surface area contributed by atoms with Crippen LogP contribution in [0.25, 0.3) is 11.1 Å². The van der Waals surface area contributed by atoms with Crippen LogP contribution in [0.3, 0.4) is 0 Å². The molecule has 0 atom stereocenters. The molecule has 6 heteroatoms. The molecule has 0 saturated carbocycles. The number of hydrogen-bond donors (Lipinski definition) is 2. The minimum atomic E-state index is -0.264. The summed E-state index contributed by atoms with van der Waals surface area (Å²) in [5.41, 5.74) is 2.47. The lowest BCUT2D eigenvalue weighted by Crippen LogP contribution is -2.23. The summed E-state index contributed by atoms with van der Waals surface area (Å²) in [5.74, 6) is -0.00828. The highest BCUT2D eigenvalue weighted by molar-refractivity contribution is 5.96. The number of amides is 2. The summed E-state index contributed by atoms with van der Waals surface area (Å²) in [5, 5.41) is 5.39. The van der Waals surface area contributed by atoms with Crippen LogP contribution >= 0.6 is 0 Å². The van der Waals surface area contributed by atoms with Gasteiger partial charge in [-0.2, -0.15) is 0 Å². The molecular weight excluding hydrogens is 294 g/mol. The largest absolute Gasteiger partial charge is 0.439 e. The highest BCUT2D eigenvalue weighted by Crippen LogP contribution is 2.15. The normalized spacial score (nSPS) is 10.5. The predicted molar refractivity (Wildman–Crippen MR) is 85.9 cm³/mol. The number of para-hydroxylation sites is 2. The lowest BCUT2D eigenvalue weighted by molar-refractivity contribution is -0.114. The Morgan fingerprint density at radius 3 is 2.74 bits per heavy atom. The van der Waals surface area contributed by atoms with E-state index in [0.717, 1.165) is 5.52 Å². The van der Waals surface area contributed by atoms with Crippen LogP contribution in [0.5, 0.6) is 0 Å². The van der Waals surface area contributed by atoms with Crippen molar-refractivity contribution in [2.45, 2.75) is 13.5 Å². The van der Waals surface area contributed by atoms with Gasteiger partial charge in [-0.25, -0.2) is 4.98 Å². The summed E-state index contributed by atoms with van der Waals surface area (Å²) in [6, 6.07) is 14.1. The first kappa shape index (κ1) is 14.8. The summed E-state index contributed by atoms with van der Waals surface area (Å²) in [6.07, 6.45) is 0. The van der Waals surface area contributed by atoms with Crippen LogP contribution in [0.4, 0.5) is 5.69 Å². The van der Waals surface area contributed by atoms with Crippen LogP contribution in [-0.2, 0) is 11.3 Å². The van der Waals surface area contributed by atoms with E-state index in [1.165, 1.54) is 6.92 Å². The van der Waals surface area contributed by atoms with E-state index in [9.17, 15) is 9.59 Å². The number of anilines is 1. The number of fused-ring (bicyclic) bond motifs is 1. The molecule has 2 amide bonds. The first-order valence-corrected chi connectivity index (χ1v) is 7.12. The average Bonchev–Trinajstić information content (AvgIpc) is 2.95. The van der Waals surface area contributed by atoms with E-state index >= 15 is 0 Å². The van der Waals surface area contributed by atoms with Gasteiger partial charge in [0.15, 0.2) is 5.58 Å². The average molecular weight is 309 g/mol. The molecule has 0 aliphatic heterocycles. The number of nitrogens with zero attached hydrogens (tertiary/aromatic N) is 1. The fourth-order valence-electron chi connectivity index (χ4n) is 2.19. The maximum Gasteiger partial charge on any atom is 0.251 e. The van der Waals surface area contributed by atoms with Crippen molar-refractivity contribution in [1.29, 1.82) is 0 Å². The Morgan fingerprint density at radius 2 is 1.96 bits per heavy atom. The number of rotatable bonds is 4. The number of carbonyl (C=O) groups excluding carboxylic acids is 2. The van der Waals surface area contributed by atoms with Crippen molar-refractivity contribution >= 4 is 28.6 Å². The maximum atomic E-state index is 12.2. The molecule has 3 rings (SSSR count). The molecule has 0 radical (unpaired) electrons. The molecule has 0 unspecified atom stereocenters. The second-order valence-electron chi connectivity index (χ2n) is 5.02. The highest BCUT2D eigenvalue weighted by atomic mass is 16.3. The molecule has 23 heavy (non-hydrogen) atoms. The first-order valence-electron chi connectivity index (χ1n) is 7.12. The standard InChI is InChI=1S/C17H15N3O3/c1-11(21)19-13-6-4-5-12(9-13)17(22)18-10-16-20-14-7-2-3-8-15(14)23-16/h2-9H,10H2,1H3,(H,18,22)(H,19,21). The van der Waals surface area contributed by atoms with Crippen molar-refractivity contribution < 1.29 is 14.0 Å². The minimum Gasteiger partial charge on any atom is -0.439 e. The number of nitrogens with one attached hydrogen (secondary N) is 2. The van der Waals surface area contributed by atoms with Crippen LogP contribution in [0.2, 0.25) is 0 Å². The Morgan fingerprint density at radius 1 is 1.13 bits per heavy atom. The molecule has 0 fully saturated rings. The molecule has 0 bridgehead atoms. The van der Waals surface area contributed by atoms with Crippen LogP contribution in [0, 0.1) is 0 Å². The zero-order valence-electron chi connectivity index (χ0n) is 12.5. The predicted octanol–water partition coefficient (Wildman–Crippen LogP) is 2.72. The summed E-state index contributed by atoms with van der Waals surface area (Å²) in [6.45, 7) is 1.61. The monoisotopic (exact) mass is 309 g/mol. The Labute approximate surface area is 132 Å². The zero-order valence-corrected chi connectivity index (χ0v) is 12.5. The third-order valence-electron chi connectivity index (χ3n) is 3.18. The van der Waals surface area contributed by atoms with Crippen molar-refractivity contribution in [3.63, 3.8) is 0 Å². The molecule has 116 valence electrons.